The van der Waals surface area contributed by atoms with Crippen molar-refractivity contribution >= 4 is 10.0 Å². The summed E-state index contributed by atoms with van der Waals surface area (Å²) in [6, 6.07) is 3.63. The van der Waals surface area contributed by atoms with Crippen LogP contribution in [0.25, 0.3) is 0 Å². The second kappa shape index (κ2) is 7.57. The Kier molecular flexibility index (Phi) is 6.41. The molecule has 0 saturated carbocycles. The predicted molar refractivity (Wildman–Crippen MR) is 76.3 cm³/mol. The van der Waals surface area contributed by atoms with E-state index in [1.165, 1.54) is 12.3 Å². The average molecular weight is 285 g/mol. The maximum absolute atomic E-state index is 11.1. The fourth-order valence-electron chi connectivity index (χ4n) is 1.93. The molecule has 1 heterocycles. The Hall–Kier alpha value is -0.980. The molecular weight excluding hydrogens is 262 g/mol. The van der Waals surface area contributed by atoms with Gasteiger partial charge in [0.05, 0.1) is 0 Å². The van der Waals surface area contributed by atoms with Crippen molar-refractivity contribution in [1.29, 1.82) is 0 Å². The van der Waals surface area contributed by atoms with Gasteiger partial charge in [-0.3, -0.25) is 4.98 Å². The Morgan fingerprint density at radius 1 is 1.32 bits per heavy atom. The van der Waals surface area contributed by atoms with Crippen LogP contribution >= 0.6 is 0 Å². The zero-order valence-electron chi connectivity index (χ0n) is 11.6. The molecule has 0 radical (unpaired) electrons. The highest BCUT2D eigenvalue weighted by molar-refractivity contribution is 7.89. The molecule has 0 spiro atoms. The molecule has 0 bridgehead atoms. The first kappa shape index (κ1) is 16.1. The molecule has 0 saturated heterocycles. The standard InChI is InChI=1S/C13H23N3O2S/c1-3-5-11(15-8-4-2)9-12-6-7-13(10-16-12)19(14,17)18/h6-7,10-11,15H,3-5,8-9H2,1-2H3,(H2,14,17,18). The number of hydrogen-bond acceptors (Lipinski definition) is 4. The molecule has 0 aromatic carbocycles. The molecule has 1 rings (SSSR count). The summed E-state index contributed by atoms with van der Waals surface area (Å²) in [6.45, 7) is 5.27. The van der Waals surface area contributed by atoms with Crippen LogP contribution in [0.2, 0.25) is 0 Å². The van der Waals surface area contributed by atoms with E-state index in [2.05, 4.69) is 24.1 Å². The van der Waals surface area contributed by atoms with Gasteiger partial charge in [-0.25, -0.2) is 13.6 Å². The van der Waals surface area contributed by atoms with E-state index in [1.54, 1.807) is 6.07 Å². The third-order valence-corrected chi connectivity index (χ3v) is 3.80. The summed E-state index contributed by atoms with van der Waals surface area (Å²) in [4.78, 5) is 4.24. The monoisotopic (exact) mass is 285 g/mol. The van der Waals surface area contributed by atoms with Crippen molar-refractivity contribution in [2.45, 2.75) is 50.5 Å². The Labute approximate surface area is 115 Å². The third kappa shape index (κ3) is 5.67. The van der Waals surface area contributed by atoms with Gasteiger partial charge in [-0.1, -0.05) is 20.3 Å². The fraction of sp³-hybridized carbons (Fsp3) is 0.615. The van der Waals surface area contributed by atoms with Crippen molar-refractivity contribution in [3.8, 4) is 0 Å². The highest BCUT2D eigenvalue weighted by Crippen LogP contribution is 2.09. The number of nitrogens with two attached hydrogens (primary N) is 1. The van der Waals surface area contributed by atoms with Crippen LogP contribution < -0.4 is 10.5 Å². The van der Waals surface area contributed by atoms with Crippen LogP contribution in [-0.4, -0.2) is 26.0 Å². The number of sulfonamides is 1. The first-order valence-electron chi connectivity index (χ1n) is 6.68. The zero-order valence-corrected chi connectivity index (χ0v) is 12.4. The lowest BCUT2D eigenvalue weighted by Gasteiger charge is -2.17. The van der Waals surface area contributed by atoms with Crippen molar-refractivity contribution in [2.75, 3.05) is 6.54 Å². The van der Waals surface area contributed by atoms with Crippen molar-refractivity contribution in [3.63, 3.8) is 0 Å². The molecule has 0 aliphatic rings. The van der Waals surface area contributed by atoms with E-state index in [0.29, 0.717) is 6.04 Å². The summed E-state index contributed by atoms with van der Waals surface area (Å²) in [6.07, 6.45) is 5.42. The van der Waals surface area contributed by atoms with Gasteiger partial charge in [0.15, 0.2) is 0 Å². The largest absolute Gasteiger partial charge is 0.314 e. The van der Waals surface area contributed by atoms with Crippen LogP contribution in [0.3, 0.4) is 0 Å². The summed E-state index contributed by atoms with van der Waals surface area (Å²) >= 11 is 0. The normalized spacial score (nSPS) is 13.4. The lowest BCUT2D eigenvalue weighted by atomic mass is 10.1. The molecule has 1 unspecified atom stereocenters. The second-order valence-corrected chi connectivity index (χ2v) is 6.24. The minimum atomic E-state index is -3.65. The average Bonchev–Trinajstić information content (AvgIpc) is 2.36. The number of rotatable bonds is 8. The molecule has 108 valence electrons. The third-order valence-electron chi connectivity index (χ3n) is 2.90. The Balaban J connectivity index is 2.69. The summed E-state index contributed by atoms with van der Waals surface area (Å²) in [5, 5.41) is 8.52. The number of nitrogens with zero attached hydrogens (tertiary/aromatic N) is 1. The van der Waals surface area contributed by atoms with Crippen LogP contribution in [-0.2, 0) is 16.4 Å². The Morgan fingerprint density at radius 2 is 2.05 bits per heavy atom. The second-order valence-electron chi connectivity index (χ2n) is 4.67. The lowest BCUT2D eigenvalue weighted by molar-refractivity contribution is 0.469. The van der Waals surface area contributed by atoms with E-state index < -0.39 is 10.0 Å². The topological polar surface area (TPSA) is 85.1 Å². The predicted octanol–water partition coefficient (Wildman–Crippen LogP) is 1.44. The molecule has 1 aromatic rings. The maximum atomic E-state index is 11.1. The van der Waals surface area contributed by atoms with Crippen LogP contribution in [0.1, 0.15) is 38.8 Å². The van der Waals surface area contributed by atoms with Crippen LogP contribution in [0, 0.1) is 0 Å². The number of aromatic nitrogens is 1. The van der Waals surface area contributed by atoms with Crippen molar-refractivity contribution < 1.29 is 8.42 Å². The fourth-order valence-corrected chi connectivity index (χ4v) is 2.38. The van der Waals surface area contributed by atoms with Gasteiger partial charge in [-0.15, -0.1) is 0 Å². The van der Waals surface area contributed by atoms with Gasteiger partial charge in [-0.05, 0) is 31.5 Å². The summed E-state index contributed by atoms with van der Waals surface area (Å²) in [5.41, 5.74) is 0.884. The molecule has 5 nitrogen and oxygen atoms in total. The van der Waals surface area contributed by atoms with E-state index in [0.717, 1.165) is 37.9 Å². The molecule has 0 amide bonds. The van der Waals surface area contributed by atoms with E-state index in [-0.39, 0.29) is 4.90 Å². The Morgan fingerprint density at radius 3 is 2.53 bits per heavy atom. The van der Waals surface area contributed by atoms with Crippen LogP contribution in [0.5, 0.6) is 0 Å². The van der Waals surface area contributed by atoms with Gasteiger partial charge in [0, 0.05) is 24.4 Å². The lowest BCUT2D eigenvalue weighted by Crippen LogP contribution is -2.32. The van der Waals surface area contributed by atoms with E-state index in [1.807, 2.05) is 0 Å². The van der Waals surface area contributed by atoms with Gasteiger partial charge in [0.2, 0.25) is 10.0 Å². The quantitative estimate of drug-likeness (QED) is 0.757. The Bertz CT molecular complexity index is 471. The van der Waals surface area contributed by atoms with Gasteiger partial charge >= 0.3 is 0 Å². The molecule has 1 atom stereocenters. The smallest absolute Gasteiger partial charge is 0.239 e. The molecular formula is C13H23N3O2S. The van der Waals surface area contributed by atoms with Gasteiger partial charge < -0.3 is 5.32 Å². The molecule has 6 heteroatoms. The molecule has 19 heavy (non-hydrogen) atoms. The highest BCUT2D eigenvalue weighted by atomic mass is 32.2. The zero-order chi connectivity index (χ0) is 14.3. The summed E-state index contributed by atoms with van der Waals surface area (Å²) in [5.74, 6) is 0. The van der Waals surface area contributed by atoms with Crippen LogP contribution in [0.15, 0.2) is 23.2 Å². The first-order valence-corrected chi connectivity index (χ1v) is 8.23. The van der Waals surface area contributed by atoms with E-state index in [9.17, 15) is 8.42 Å². The van der Waals surface area contributed by atoms with E-state index >= 15 is 0 Å². The number of hydrogen-bond donors (Lipinski definition) is 2. The summed E-state index contributed by atoms with van der Waals surface area (Å²) in [7, 11) is -3.65. The van der Waals surface area contributed by atoms with Crippen molar-refractivity contribution in [2.24, 2.45) is 5.14 Å². The van der Waals surface area contributed by atoms with E-state index in [4.69, 9.17) is 5.14 Å². The number of pyridine rings is 1. The minimum absolute atomic E-state index is 0.0600. The van der Waals surface area contributed by atoms with Crippen molar-refractivity contribution in [1.82, 2.24) is 10.3 Å². The molecule has 0 fully saturated rings. The van der Waals surface area contributed by atoms with Crippen LogP contribution in [0.4, 0.5) is 0 Å². The first-order chi connectivity index (χ1) is 8.97. The number of primary sulfonamides is 1. The van der Waals surface area contributed by atoms with Gasteiger partial charge in [0.25, 0.3) is 0 Å². The molecule has 0 aliphatic heterocycles. The SMILES string of the molecule is CCCNC(CCC)Cc1ccc(S(N)(=O)=O)cn1. The van der Waals surface area contributed by atoms with Crippen molar-refractivity contribution in [3.05, 3.63) is 24.0 Å². The number of nitrogens with one attached hydrogen (secondary N) is 1. The molecule has 0 aliphatic carbocycles. The maximum Gasteiger partial charge on any atom is 0.239 e. The molecule has 1 aromatic heterocycles. The minimum Gasteiger partial charge on any atom is -0.314 e. The molecule has 3 N–H and O–H groups in total. The van der Waals surface area contributed by atoms with Gasteiger partial charge in [0.1, 0.15) is 4.90 Å². The van der Waals surface area contributed by atoms with Gasteiger partial charge in [-0.2, -0.15) is 0 Å². The summed E-state index contributed by atoms with van der Waals surface area (Å²) < 4.78 is 22.3. The highest BCUT2D eigenvalue weighted by Gasteiger charge is 2.11.